The van der Waals surface area contributed by atoms with Crippen LogP contribution in [0.25, 0.3) is 16.1 Å². The third-order valence-corrected chi connectivity index (χ3v) is 6.53. The van der Waals surface area contributed by atoms with Crippen LogP contribution in [-0.2, 0) is 4.74 Å². The average molecular weight is 468 g/mol. The highest BCUT2D eigenvalue weighted by Crippen LogP contribution is 2.34. The number of nitrogens with zero attached hydrogens (tertiary/aromatic N) is 3. The third kappa shape index (κ3) is 5.54. The molecular weight excluding hydrogens is 438 g/mol. The highest BCUT2D eigenvalue weighted by Gasteiger charge is 2.29. The maximum atomic E-state index is 13.0. The van der Waals surface area contributed by atoms with Gasteiger partial charge in [-0.1, -0.05) is 12.1 Å². The summed E-state index contributed by atoms with van der Waals surface area (Å²) in [6, 6.07) is 9.70. The summed E-state index contributed by atoms with van der Waals surface area (Å²) in [5.74, 6) is -0.213. The second-order valence-corrected chi connectivity index (χ2v) is 10.2. The molecule has 0 unspecified atom stereocenters. The molecule has 1 saturated heterocycles. The van der Waals surface area contributed by atoms with Gasteiger partial charge < -0.3 is 25.3 Å². The lowest BCUT2D eigenvalue weighted by Crippen LogP contribution is -2.50. The number of anilines is 1. The second kappa shape index (κ2) is 9.27. The van der Waals surface area contributed by atoms with Gasteiger partial charge in [-0.2, -0.15) is 0 Å². The molecule has 1 fully saturated rings. The molecule has 0 bridgehead atoms. The van der Waals surface area contributed by atoms with Crippen LogP contribution in [0.15, 0.2) is 49.1 Å². The summed E-state index contributed by atoms with van der Waals surface area (Å²) < 4.78 is 7.40. The second-order valence-electron chi connectivity index (χ2n) is 9.15. The number of aromatic nitrogens is 2. The fourth-order valence-corrected chi connectivity index (χ4v) is 4.76. The summed E-state index contributed by atoms with van der Waals surface area (Å²) in [6.07, 6.45) is 6.62. The molecule has 33 heavy (non-hydrogen) atoms. The molecule has 2 amide bonds. The van der Waals surface area contributed by atoms with Crippen molar-refractivity contribution in [1.29, 1.82) is 0 Å². The summed E-state index contributed by atoms with van der Waals surface area (Å²) >= 11 is 1.37. The number of carbonyl (C=O) groups excluding carboxylic acids is 2. The molecule has 1 aliphatic heterocycles. The van der Waals surface area contributed by atoms with Crippen molar-refractivity contribution in [2.45, 2.75) is 45.3 Å². The molecule has 4 rings (SSSR count). The normalized spacial score (nSPS) is 16.5. The van der Waals surface area contributed by atoms with E-state index >= 15 is 0 Å². The number of ether oxygens (including phenoxy) is 1. The summed E-state index contributed by atoms with van der Waals surface area (Å²) in [4.78, 5) is 32.5. The molecule has 2 aromatic heterocycles. The maximum absolute atomic E-state index is 13.0. The summed E-state index contributed by atoms with van der Waals surface area (Å²) in [7, 11) is 0. The van der Waals surface area contributed by atoms with Gasteiger partial charge in [-0.25, -0.2) is 9.78 Å². The number of nitrogen functional groups attached to an aromatic ring is 1. The minimum absolute atomic E-state index is 0.141. The number of nitrogens with two attached hydrogens (primary N) is 1. The van der Waals surface area contributed by atoms with Crippen molar-refractivity contribution in [3.63, 3.8) is 0 Å². The molecule has 8 nitrogen and oxygen atoms in total. The van der Waals surface area contributed by atoms with Crippen LogP contribution in [-0.4, -0.2) is 51.2 Å². The number of imidazole rings is 1. The van der Waals surface area contributed by atoms with Gasteiger partial charge in [0.2, 0.25) is 0 Å². The van der Waals surface area contributed by atoms with Crippen LogP contribution in [0.3, 0.4) is 0 Å². The molecule has 0 spiro atoms. The lowest BCUT2D eigenvalue weighted by Gasteiger charge is -2.34. The van der Waals surface area contributed by atoms with E-state index in [1.54, 1.807) is 17.4 Å². The lowest BCUT2D eigenvalue weighted by molar-refractivity contribution is 0.0186. The van der Waals surface area contributed by atoms with Crippen molar-refractivity contribution in [3.05, 3.63) is 53.9 Å². The first kappa shape index (κ1) is 22.8. The molecule has 0 saturated carbocycles. The number of thiophene rings is 1. The number of amides is 2. The molecule has 174 valence electrons. The Labute approximate surface area is 197 Å². The lowest BCUT2D eigenvalue weighted by atomic mass is 10.1. The van der Waals surface area contributed by atoms with Gasteiger partial charge in [0, 0.05) is 42.1 Å². The van der Waals surface area contributed by atoms with Gasteiger partial charge in [0.25, 0.3) is 5.91 Å². The van der Waals surface area contributed by atoms with Crippen LogP contribution < -0.4 is 11.1 Å². The zero-order chi connectivity index (χ0) is 23.6. The van der Waals surface area contributed by atoms with E-state index in [9.17, 15) is 9.59 Å². The Kier molecular flexibility index (Phi) is 6.42. The standard InChI is InChI=1S/C24H29N5O3S/c1-24(2,3)32-23(31)28-11-4-5-17(14-28)27-22(30)21-19(25)13-20(33-21)16-6-8-18(9-7-16)29-12-10-26-15-29/h6-10,12-13,15,17H,4-5,11,14,25H2,1-3H3,(H,27,30)/t17-/m0/s1. The third-order valence-electron chi connectivity index (χ3n) is 5.33. The molecule has 1 atom stereocenters. The Morgan fingerprint density at radius 1 is 1.24 bits per heavy atom. The molecule has 1 aromatic carbocycles. The first-order valence-electron chi connectivity index (χ1n) is 11.0. The van der Waals surface area contributed by atoms with Gasteiger partial charge in [-0.05, 0) is 57.4 Å². The smallest absolute Gasteiger partial charge is 0.410 e. The van der Waals surface area contributed by atoms with E-state index in [4.69, 9.17) is 10.5 Å². The summed E-state index contributed by atoms with van der Waals surface area (Å²) in [5, 5.41) is 3.05. The number of rotatable bonds is 4. The number of nitrogens with one attached hydrogen (secondary N) is 1. The quantitative estimate of drug-likeness (QED) is 0.595. The topological polar surface area (TPSA) is 102 Å². The monoisotopic (exact) mass is 467 g/mol. The van der Waals surface area contributed by atoms with E-state index in [0.717, 1.165) is 29.0 Å². The van der Waals surface area contributed by atoms with Crippen LogP contribution in [0.1, 0.15) is 43.3 Å². The highest BCUT2D eigenvalue weighted by molar-refractivity contribution is 7.18. The van der Waals surface area contributed by atoms with Crippen molar-refractivity contribution < 1.29 is 14.3 Å². The predicted octanol–water partition coefficient (Wildman–Crippen LogP) is 4.31. The average Bonchev–Trinajstić information content (AvgIpc) is 3.43. The van der Waals surface area contributed by atoms with Crippen LogP contribution in [0, 0.1) is 0 Å². The summed E-state index contributed by atoms with van der Waals surface area (Å²) in [5.41, 5.74) is 8.08. The molecule has 3 N–H and O–H groups in total. The van der Waals surface area contributed by atoms with E-state index in [2.05, 4.69) is 10.3 Å². The predicted molar refractivity (Wildman–Crippen MR) is 130 cm³/mol. The largest absolute Gasteiger partial charge is 0.444 e. The van der Waals surface area contributed by atoms with E-state index in [-0.39, 0.29) is 18.0 Å². The van der Waals surface area contributed by atoms with E-state index < -0.39 is 5.60 Å². The molecule has 1 aliphatic rings. The Balaban J connectivity index is 1.41. The maximum Gasteiger partial charge on any atom is 0.410 e. The molecule has 0 aliphatic carbocycles. The van der Waals surface area contributed by atoms with E-state index in [1.807, 2.05) is 61.9 Å². The summed E-state index contributed by atoms with van der Waals surface area (Å²) in [6.45, 7) is 6.58. The minimum atomic E-state index is -0.550. The van der Waals surface area contributed by atoms with Crippen molar-refractivity contribution in [2.24, 2.45) is 0 Å². The van der Waals surface area contributed by atoms with Gasteiger partial charge in [-0.15, -0.1) is 11.3 Å². The van der Waals surface area contributed by atoms with Crippen LogP contribution in [0.5, 0.6) is 0 Å². The van der Waals surface area contributed by atoms with Crippen LogP contribution >= 0.6 is 11.3 Å². The van der Waals surface area contributed by atoms with Crippen LogP contribution in [0.2, 0.25) is 0 Å². The molecule has 0 radical (unpaired) electrons. The molecule has 9 heteroatoms. The van der Waals surface area contributed by atoms with Crippen LogP contribution in [0.4, 0.5) is 10.5 Å². The number of piperidine rings is 1. The Morgan fingerprint density at radius 2 is 2.00 bits per heavy atom. The van der Waals surface area contributed by atoms with Crippen molar-refractivity contribution in [3.8, 4) is 16.1 Å². The first-order chi connectivity index (χ1) is 15.7. The zero-order valence-corrected chi connectivity index (χ0v) is 19.9. The Hall–Kier alpha value is -3.33. The van der Waals surface area contributed by atoms with Crippen molar-refractivity contribution in [2.75, 3.05) is 18.8 Å². The van der Waals surface area contributed by atoms with E-state index in [1.165, 1.54) is 11.3 Å². The van der Waals surface area contributed by atoms with Gasteiger partial charge in [0.1, 0.15) is 10.5 Å². The highest BCUT2D eigenvalue weighted by atomic mass is 32.1. The van der Waals surface area contributed by atoms with Gasteiger partial charge in [0.05, 0.1) is 12.0 Å². The molecule has 3 heterocycles. The number of hydrogen-bond donors (Lipinski definition) is 2. The van der Waals surface area contributed by atoms with Crippen molar-refractivity contribution >= 4 is 29.0 Å². The fraction of sp³-hybridized carbons (Fsp3) is 0.375. The number of likely N-dealkylation sites (tertiary alicyclic amines) is 1. The first-order valence-corrected chi connectivity index (χ1v) is 11.8. The fourth-order valence-electron chi connectivity index (χ4n) is 3.77. The van der Waals surface area contributed by atoms with Gasteiger partial charge >= 0.3 is 6.09 Å². The van der Waals surface area contributed by atoms with Gasteiger partial charge in [0.15, 0.2) is 0 Å². The van der Waals surface area contributed by atoms with E-state index in [0.29, 0.717) is 23.7 Å². The zero-order valence-electron chi connectivity index (χ0n) is 19.1. The SMILES string of the molecule is CC(C)(C)OC(=O)N1CCC[C@H](NC(=O)c2sc(-c3ccc(-n4ccnc4)cc3)cc2N)C1. The number of hydrogen-bond acceptors (Lipinski definition) is 6. The minimum Gasteiger partial charge on any atom is -0.444 e. The van der Waals surface area contributed by atoms with Crippen molar-refractivity contribution in [1.82, 2.24) is 19.8 Å². The van der Waals surface area contributed by atoms with Gasteiger partial charge in [-0.3, -0.25) is 4.79 Å². The Bertz CT molecular complexity index is 1120. The molecule has 3 aromatic rings. The number of benzene rings is 1. The Morgan fingerprint density at radius 3 is 2.67 bits per heavy atom. The number of carbonyl (C=O) groups is 2. The molecular formula is C24H29N5O3S.